The number of esters is 1. The predicted octanol–water partition coefficient (Wildman–Crippen LogP) is 4.42. The first-order valence-corrected chi connectivity index (χ1v) is 11.4. The Bertz CT molecular complexity index is 1180. The summed E-state index contributed by atoms with van der Waals surface area (Å²) in [6.07, 6.45) is 1.56. The number of halogens is 1. The van der Waals surface area contributed by atoms with Crippen molar-refractivity contribution in [3.8, 4) is 0 Å². The zero-order valence-corrected chi connectivity index (χ0v) is 19.3. The zero-order valence-electron chi connectivity index (χ0n) is 17.7. The third kappa shape index (κ3) is 5.65. The molecule has 0 amide bonds. The fraction of sp³-hybridized carbons (Fsp3) is 0.273. The molecule has 0 aliphatic carbocycles. The van der Waals surface area contributed by atoms with E-state index < -0.39 is 21.6 Å². The van der Waals surface area contributed by atoms with Gasteiger partial charge in [0.05, 0.1) is 17.8 Å². The van der Waals surface area contributed by atoms with E-state index in [1.807, 2.05) is 0 Å². The van der Waals surface area contributed by atoms with Gasteiger partial charge in [0.2, 0.25) is 0 Å². The summed E-state index contributed by atoms with van der Waals surface area (Å²) in [6, 6.07) is 14.7. The number of aryl methyl sites for hydroxylation is 1. The summed E-state index contributed by atoms with van der Waals surface area (Å²) < 4.78 is 34.9. The Kier molecular flexibility index (Phi) is 6.43. The molecule has 1 aromatic heterocycles. The zero-order chi connectivity index (χ0) is 22.8. The quantitative estimate of drug-likeness (QED) is 0.507. The summed E-state index contributed by atoms with van der Waals surface area (Å²) in [5.74, 6) is -0.531. The van der Waals surface area contributed by atoms with E-state index in [1.165, 1.54) is 21.1 Å². The number of hydrogen-bond donors (Lipinski definition) is 0. The normalized spacial score (nSPS) is 11.9. The van der Waals surface area contributed by atoms with Crippen molar-refractivity contribution in [2.24, 2.45) is 7.05 Å². The number of carbonyl (C=O) groups excluding carboxylic acids is 1. The molecule has 164 valence electrons. The van der Waals surface area contributed by atoms with Gasteiger partial charge in [0.15, 0.2) is 5.03 Å². The van der Waals surface area contributed by atoms with Crippen molar-refractivity contribution < 1.29 is 17.9 Å². The Morgan fingerprint density at radius 2 is 1.81 bits per heavy atom. The Morgan fingerprint density at radius 3 is 2.39 bits per heavy atom. The molecular formula is C22H24ClN3O4S. The molecule has 3 aromatic rings. The third-order valence-corrected chi connectivity index (χ3v) is 6.17. The van der Waals surface area contributed by atoms with Crippen LogP contribution in [0.25, 0.3) is 0 Å². The molecule has 0 bridgehead atoms. The number of sulfonamides is 1. The van der Waals surface area contributed by atoms with Crippen molar-refractivity contribution in [3.63, 3.8) is 0 Å². The van der Waals surface area contributed by atoms with Crippen molar-refractivity contribution in [3.05, 3.63) is 76.9 Å². The first-order chi connectivity index (χ1) is 14.5. The van der Waals surface area contributed by atoms with E-state index in [0.717, 1.165) is 5.56 Å². The molecule has 0 atom stereocenters. The van der Waals surface area contributed by atoms with Gasteiger partial charge < -0.3 is 4.74 Å². The molecule has 0 spiro atoms. The number of carbonyl (C=O) groups is 1. The lowest BCUT2D eigenvalue weighted by atomic mass is 10.1. The Morgan fingerprint density at radius 1 is 1.13 bits per heavy atom. The van der Waals surface area contributed by atoms with E-state index >= 15 is 0 Å². The van der Waals surface area contributed by atoms with Crippen LogP contribution >= 0.6 is 11.6 Å². The molecule has 7 nitrogen and oxygen atoms in total. The highest BCUT2D eigenvalue weighted by molar-refractivity contribution is 7.92. The first-order valence-electron chi connectivity index (χ1n) is 9.56. The molecule has 0 fully saturated rings. The topological polar surface area (TPSA) is 81.5 Å². The molecule has 0 aliphatic rings. The van der Waals surface area contributed by atoms with E-state index in [-0.39, 0.29) is 17.1 Å². The molecule has 9 heteroatoms. The molecule has 0 radical (unpaired) electrons. The van der Waals surface area contributed by atoms with Gasteiger partial charge in [-0.05, 0) is 62.7 Å². The number of hydrogen-bond acceptors (Lipinski definition) is 5. The van der Waals surface area contributed by atoms with Gasteiger partial charge >= 0.3 is 5.97 Å². The molecule has 3 rings (SSSR count). The lowest BCUT2D eigenvalue weighted by molar-refractivity contribution is 0.00695. The average Bonchev–Trinajstić information content (AvgIpc) is 3.13. The van der Waals surface area contributed by atoms with Gasteiger partial charge in [0, 0.05) is 18.3 Å². The van der Waals surface area contributed by atoms with E-state index in [9.17, 15) is 13.2 Å². The van der Waals surface area contributed by atoms with Crippen LogP contribution in [0.5, 0.6) is 0 Å². The van der Waals surface area contributed by atoms with Crippen molar-refractivity contribution >= 4 is 33.3 Å². The van der Waals surface area contributed by atoms with Gasteiger partial charge in [-0.25, -0.2) is 4.79 Å². The van der Waals surface area contributed by atoms with Crippen LogP contribution in [0.4, 0.5) is 5.69 Å². The largest absolute Gasteiger partial charge is 0.456 e. The monoisotopic (exact) mass is 461 g/mol. The van der Waals surface area contributed by atoms with Crippen molar-refractivity contribution in [2.45, 2.75) is 37.9 Å². The van der Waals surface area contributed by atoms with Crippen LogP contribution in [-0.2, 0) is 28.4 Å². The van der Waals surface area contributed by atoms with Gasteiger partial charge in [0.1, 0.15) is 5.60 Å². The van der Waals surface area contributed by atoms with Gasteiger partial charge in [-0.15, -0.1) is 0 Å². The number of rotatable bonds is 6. The minimum atomic E-state index is -4.00. The summed E-state index contributed by atoms with van der Waals surface area (Å²) in [5, 5.41) is 4.52. The summed E-state index contributed by atoms with van der Waals surface area (Å²) in [5.41, 5.74) is 0.635. The molecule has 0 unspecified atom stereocenters. The van der Waals surface area contributed by atoms with E-state index in [2.05, 4.69) is 5.10 Å². The highest BCUT2D eigenvalue weighted by atomic mass is 35.5. The van der Waals surface area contributed by atoms with Crippen molar-refractivity contribution in [1.29, 1.82) is 0 Å². The summed E-state index contributed by atoms with van der Waals surface area (Å²) in [4.78, 5) is 12.5. The second-order valence-electron chi connectivity index (χ2n) is 8.02. The Hall–Kier alpha value is -2.84. The molecule has 31 heavy (non-hydrogen) atoms. The minimum absolute atomic E-state index is 0.0356. The maximum absolute atomic E-state index is 13.4. The minimum Gasteiger partial charge on any atom is -0.456 e. The van der Waals surface area contributed by atoms with Gasteiger partial charge in [-0.3, -0.25) is 8.99 Å². The number of benzene rings is 2. The lowest BCUT2D eigenvalue weighted by Gasteiger charge is -2.24. The number of nitrogens with zero attached hydrogens (tertiary/aromatic N) is 3. The fourth-order valence-corrected chi connectivity index (χ4v) is 4.37. The van der Waals surface area contributed by atoms with Gasteiger partial charge in [0.25, 0.3) is 10.0 Å². The Balaban J connectivity index is 2.05. The third-order valence-electron chi connectivity index (χ3n) is 4.25. The molecule has 2 aromatic carbocycles. The molecule has 0 aliphatic heterocycles. The molecule has 1 heterocycles. The van der Waals surface area contributed by atoms with Gasteiger partial charge in [-0.2, -0.15) is 13.5 Å². The first kappa shape index (κ1) is 22.8. The van der Waals surface area contributed by atoms with Crippen LogP contribution in [0.1, 0.15) is 36.7 Å². The maximum atomic E-state index is 13.4. The van der Waals surface area contributed by atoms with E-state index in [4.69, 9.17) is 16.3 Å². The summed E-state index contributed by atoms with van der Waals surface area (Å²) >= 11 is 5.97. The SMILES string of the molecule is Cn1ccc(S(=O)(=O)N(Cc2ccc(Cl)cc2)c2cccc(C(=O)OC(C)(C)C)c2)n1. The predicted molar refractivity (Wildman–Crippen MR) is 120 cm³/mol. The molecular weight excluding hydrogens is 438 g/mol. The average molecular weight is 462 g/mol. The highest BCUT2D eigenvalue weighted by Gasteiger charge is 2.28. The smallest absolute Gasteiger partial charge is 0.338 e. The van der Waals surface area contributed by atoms with Crippen LogP contribution in [0.2, 0.25) is 5.02 Å². The number of anilines is 1. The second kappa shape index (κ2) is 8.72. The van der Waals surface area contributed by atoms with Crippen LogP contribution in [0.15, 0.2) is 65.8 Å². The molecule has 0 N–H and O–H groups in total. The summed E-state index contributed by atoms with van der Waals surface area (Å²) in [6.45, 7) is 5.35. The van der Waals surface area contributed by atoms with Crippen molar-refractivity contribution in [2.75, 3.05) is 4.31 Å². The highest BCUT2D eigenvalue weighted by Crippen LogP contribution is 2.27. The number of ether oxygens (including phenoxy) is 1. The Labute approximate surface area is 187 Å². The van der Waals surface area contributed by atoms with E-state index in [0.29, 0.717) is 10.7 Å². The van der Waals surface area contributed by atoms with Crippen molar-refractivity contribution in [1.82, 2.24) is 9.78 Å². The van der Waals surface area contributed by atoms with Crippen LogP contribution in [-0.4, -0.2) is 29.8 Å². The van der Waals surface area contributed by atoms with Gasteiger partial charge in [-0.1, -0.05) is 29.8 Å². The van der Waals surface area contributed by atoms with E-state index in [1.54, 1.807) is 76.5 Å². The second-order valence-corrected chi connectivity index (χ2v) is 10.3. The lowest BCUT2D eigenvalue weighted by Crippen LogP contribution is -2.31. The molecule has 0 saturated heterocycles. The van der Waals surface area contributed by atoms with Crippen LogP contribution < -0.4 is 4.31 Å². The van der Waals surface area contributed by atoms with Crippen LogP contribution in [0.3, 0.4) is 0 Å². The standard InChI is InChI=1S/C22H24ClN3O4S/c1-22(2,3)30-21(27)17-6-5-7-19(14-17)26(15-16-8-10-18(23)11-9-16)31(28,29)20-12-13-25(4)24-20/h5-14H,15H2,1-4H3. The maximum Gasteiger partial charge on any atom is 0.338 e. The number of aromatic nitrogens is 2. The summed E-state index contributed by atoms with van der Waals surface area (Å²) in [7, 11) is -2.36. The molecule has 0 saturated carbocycles. The fourth-order valence-electron chi connectivity index (χ4n) is 2.84. The van der Waals surface area contributed by atoms with Crippen LogP contribution in [0, 0.1) is 0 Å².